The Hall–Kier alpha value is -1.43. The molecule has 0 bridgehead atoms. The average Bonchev–Trinajstić information content (AvgIpc) is 2.92. The fraction of sp³-hybridized carbons (Fsp3) is 0.400. The fourth-order valence-electron chi connectivity index (χ4n) is 2.82. The van der Waals surface area contributed by atoms with Gasteiger partial charge < -0.3 is 15.6 Å². The van der Waals surface area contributed by atoms with Crippen LogP contribution in [0, 0.1) is 6.92 Å². The van der Waals surface area contributed by atoms with Crippen LogP contribution < -0.4 is 10.5 Å². The molecule has 3 rings (SSSR count). The lowest BCUT2D eigenvalue weighted by Gasteiger charge is -2.40. The molecule has 0 amide bonds. The Labute approximate surface area is 122 Å². The molecule has 20 heavy (non-hydrogen) atoms. The number of rotatable bonds is 3. The highest BCUT2D eigenvalue weighted by atomic mass is 32.1. The third-order valence-corrected chi connectivity index (χ3v) is 5.00. The van der Waals surface area contributed by atoms with Crippen molar-refractivity contribution in [3.05, 3.63) is 45.9 Å². The van der Waals surface area contributed by atoms with Crippen LogP contribution in [0.15, 0.2) is 29.6 Å². The van der Waals surface area contributed by atoms with Crippen LogP contribution in [-0.4, -0.2) is 23.2 Å². The maximum absolute atomic E-state index is 10.9. The molecule has 1 aromatic carbocycles. The minimum absolute atomic E-state index is 0.368. The summed E-state index contributed by atoms with van der Waals surface area (Å²) in [6.45, 7) is 2.86. The van der Waals surface area contributed by atoms with E-state index in [9.17, 15) is 5.11 Å². The molecule has 0 spiro atoms. The summed E-state index contributed by atoms with van der Waals surface area (Å²) in [7, 11) is 0. The van der Waals surface area contributed by atoms with Gasteiger partial charge in [-0.1, -0.05) is 18.2 Å². The summed E-state index contributed by atoms with van der Waals surface area (Å²) in [5, 5.41) is 13.5. The second kappa shape index (κ2) is 5.16. The van der Waals surface area contributed by atoms with Crippen molar-refractivity contribution < 1.29 is 9.84 Å². The number of fused-ring (bicyclic) bond motifs is 1. The van der Waals surface area contributed by atoms with Crippen LogP contribution in [0.4, 0.5) is 0 Å². The normalized spacial score (nSPS) is 22.9. The second-order valence-electron chi connectivity index (χ2n) is 5.18. The van der Waals surface area contributed by atoms with Crippen molar-refractivity contribution in [3.8, 4) is 5.75 Å². The summed E-state index contributed by atoms with van der Waals surface area (Å²) in [6.07, 6.45) is -0.00317. The predicted octanol–water partition coefficient (Wildman–Crippen LogP) is 2.16. The Morgan fingerprint density at radius 1 is 1.50 bits per heavy atom. The lowest BCUT2D eigenvalue weighted by Crippen LogP contribution is -2.44. The number of aliphatic hydroxyl groups excluding tert-OH is 1. The topological polar surface area (TPSA) is 68.4 Å². The van der Waals surface area contributed by atoms with Gasteiger partial charge in [-0.15, -0.1) is 11.3 Å². The van der Waals surface area contributed by atoms with Gasteiger partial charge in [0.05, 0.1) is 6.61 Å². The molecule has 0 radical (unpaired) electrons. The highest BCUT2D eigenvalue weighted by Gasteiger charge is 2.44. The van der Waals surface area contributed by atoms with Crippen molar-refractivity contribution in [2.24, 2.45) is 5.73 Å². The zero-order valence-corrected chi connectivity index (χ0v) is 12.2. The Balaban J connectivity index is 2.08. The van der Waals surface area contributed by atoms with Crippen molar-refractivity contribution in [2.75, 3.05) is 13.2 Å². The van der Waals surface area contributed by atoms with Crippen molar-refractivity contribution >= 4 is 11.3 Å². The minimum Gasteiger partial charge on any atom is -0.493 e. The van der Waals surface area contributed by atoms with Gasteiger partial charge in [0, 0.05) is 28.6 Å². The molecule has 2 aromatic rings. The smallest absolute Gasteiger partial charge is 0.123 e. The summed E-state index contributed by atoms with van der Waals surface area (Å²) in [6, 6.07) is 7.81. The first kappa shape index (κ1) is 13.5. The SMILES string of the molecule is Cc1csc(C(O)C2(CN)CCOc3ccccc32)n1. The average molecular weight is 290 g/mol. The molecule has 4 nitrogen and oxygen atoms in total. The van der Waals surface area contributed by atoms with Gasteiger partial charge in [0.25, 0.3) is 0 Å². The maximum atomic E-state index is 10.9. The zero-order valence-electron chi connectivity index (χ0n) is 11.4. The van der Waals surface area contributed by atoms with E-state index in [-0.39, 0.29) is 0 Å². The summed E-state index contributed by atoms with van der Waals surface area (Å²) in [5.41, 5.74) is 7.45. The monoisotopic (exact) mass is 290 g/mol. The number of aryl methyl sites for hydroxylation is 1. The van der Waals surface area contributed by atoms with E-state index in [0.29, 0.717) is 19.6 Å². The van der Waals surface area contributed by atoms with Gasteiger partial charge in [0.2, 0.25) is 0 Å². The van der Waals surface area contributed by atoms with E-state index in [4.69, 9.17) is 10.5 Å². The van der Waals surface area contributed by atoms with Crippen LogP contribution in [0.3, 0.4) is 0 Å². The number of hydrogen-bond acceptors (Lipinski definition) is 5. The van der Waals surface area contributed by atoms with E-state index >= 15 is 0 Å². The molecule has 3 N–H and O–H groups in total. The highest BCUT2D eigenvalue weighted by molar-refractivity contribution is 7.09. The van der Waals surface area contributed by atoms with E-state index in [0.717, 1.165) is 22.0 Å². The zero-order chi connectivity index (χ0) is 14.2. The third kappa shape index (κ3) is 2.02. The van der Waals surface area contributed by atoms with Crippen LogP contribution in [0.25, 0.3) is 0 Å². The summed E-state index contributed by atoms with van der Waals surface area (Å²) < 4.78 is 5.69. The van der Waals surface area contributed by atoms with Crippen LogP contribution in [0.2, 0.25) is 0 Å². The predicted molar refractivity (Wildman–Crippen MR) is 79.1 cm³/mol. The minimum atomic E-state index is -0.698. The van der Waals surface area contributed by atoms with Gasteiger partial charge >= 0.3 is 0 Å². The Kier molecular flexibility index (Phi) is 3.50. The summed E-state index contributed by atoms with van der Waals surface area (Å²) >= 11 is 1.48. The number of aliphatic hydroxyl groups is 1. The number of benzene rings is 1. The van der Waals surface area contributed by atoms with Gasteiger partial charge in [-0.2, -0.15) is 0 Å². The van der Waals surface area contributed by atoms with Gasteiger partial charge in [-0.3, -0.25) is 0 Å². The molecule has 1 aliphatic heterocycles. The van der Waals surface area contributed by atoms with Crippen LogP contribution in [-0.2, 0) is 5.41 Å². The van der Waals surface area contributed by atoms with Crippen molar-refractivity contribution in [1.82, 2.24) is 4.98 Å². The molecular formula is C15H18N2O2S. The number of ether oxygens (including phenoxy) is 1. The van der Waals surface area contributed by atoms with E-state index in [1.54, 1.807) is 0 Å². The number of nitrogens with two attached hydrogens (primary N) is 1. The van der Waals surface area contributed by atoms with E-state index in [2.05, 4.69) is 4.98 Å². The first-order valence-electron chi connectivity index (χ1n) is 6.70. The highest BCUT2D eigenvalue weighted by Crippen LogP contribution is 2.46. The van der Waals surface area contributed by atoms with Crippen molar-refractivity contribution in [3.63, 3.8) is 0 Å². The van der Waals surface area contributed by atoms with E-state index in [1.807, 2.05) is 36.6 Å². The largest absolute Gasteiger partial charge is 0.493 e. The van der Waals surface area contributed by atoms with Crippen molar-refractivity contribution in [1.29, 1.82) is 0 Å². The molecule has 1 aromatic heterocycles. The van der Waals surface area contributed by atoms with Crippen LogP contribution >= 0.6 is 11.3 Å². The van der Waals surface area contributed by atoms with Gasteiger partial charge in [-0.05, 0) is 19.4 Å². The Morgan fingerprint density at radius 3 is 3.00 bits per heavy atom. The summed E-state index contributed by atoms with van der Waals surface area (Å²) in [5.74, 6) is 0.816. The first-order chi connectivity index (χ1) is 9.67. The standard InChI is InChI=1S/C15H18N2O2S/c1-10-8-20-14(17-10)13(18)15(9-16)6-7-19-12-5-3-2-4-11(12)15/h2-5,8,13,18H,6-7,9,16H2,1H3. The lowest BCUT2D eigenvalue weighted by molar-refractivity contribution is 0.0533. The maximum Gasteiger partial charge on any atom is 0.123 e. The first-order valence-corrected chi connectivity index (χ1v) is 7.58. The van der Waals surface area contributed by atoms with E-state index < -0.39 is 11.5 Å². The van der Waals surface area contributed by atoms with E-state index in [1.165, 1.54) is 11.3 Å². The molecule has 0 saturated heterocycles. The number of hydrogen-bond donors (Lipinski definition) is 2. The van der Waals surface area contributed by atoms with Crippen LogP contribution in [0.5, 0.6) is 5.75 Å². The lowest BCUT2D eigenvalue weighted by atomic mass is 9.71. The third-order valence-electron chi connectivity index (χ3n) is 3.99. The molecule has 0 fully saturated rings. The molecule has 0 aliphatic carbocycles. The molecule has 2 unspecified atom stereocenters. The molecular weight excluding hydrogens is 272 g/mol. The van der Waals surface area contributed by atoms with Crippen molar-refractivity contribution in [2.45, 2.75) is 24.9 Å². The molecule has 106 valence electrons. The van der Waals surface area contributed by atoms with Gasteiger partial charge in [-0.25, -0.2) is 4.98 Å². The molecule has 2 heterocycles. The number of nitrogens with zero attached hydrogens (tertiary/aromatic N) is 1. The quantitative estimate of drug-likeness (QED) is 0.909. The Morgan fingerprint density at radius 2 is 2.30 bits per heavy atom. The number of para-hydroxylation sites is 1. The second-order valence-corrected chi connectivity index (χ2v) is 6.07. The molecule has 1 aliphatic rings. The summed E-state index contributed by atoms with van der Waals surface area (Å²) in [4.78, 5) is 4.42. The Bertz CT molecular complexity index is 613. The number of thiazole rings is 1. The molecule has 2 atom stereocenters. The van der Waals surface area contributed by atoms with Gasteiger partial charge in [0.15, 0.2) is 0 Å². The van der Waals surface area contributed by atoms with Crippen LogP contribution in [0.1, 0.15) is 28.8 Å². The van der Waals surface area contributed by atoms with Gasteiger partial charge in [0.1, 0.15) is 16.9 Å². The fourth-order valence-corrected chi connectivity index (χ4v) is 3.72. The molecule has 0 saturated carbocycles. The molecule has 5 heteroatoms. The number of aromatic nitrogens is 1.